The van der Waals surface area contributed by atoms with Gasteiger partial charge in [0, 0.05) is 18.6 Å². The van der Waals surface area contributed by atoms with Crippen LogP contribution in [0, 0.1) is 0 Å². The Morgan fingerprint density at radius 1 is 1.08 bits per heavy atom. The van der Waals surface area contributed by atoms with Crippen molar-refractivity contribution in [2.45, 2.75) is 19.5 Å². The predicted molar refractivity (Wildman–Crippen MR) is 101 cm³/mol. The normalized spacial score (nSPS) is 11.6. The Balaban J connectivity index is 1.69. The maximum atomic E-state index is 12.6. The lowest BCUT2D eigenvalue weighted by molar-refractivity contribution is 0.249. The van der Waals surface area contributed by atoms with Crippen LogP contribution in [0.2, 0.25) is 0 Å². The Morgan fingerprint density at radius 2 is 1.81 bits per heavy atom. The second-order valence-corrected chi connectivity index (χ2v) is 5.94. The van der Waals surface area contributed by atoms with Crippen LogP contribution in [0.15, 0.2) is 78.0 Å². The first-order valence-electron chi connectivity index (χ1n) is 8.34. The maximum Gasteiger partial charge on any atom is 0.319 e. The predicted octanol–water partition coefficient (Wildman–Crippen LogP) is 3.17. The van der Waals surface area contributed by atoms with E-state index in [0.29, 0.717) is 6.54 Å². The molecular formula is C20H20N4O2. The van der Waals surface area contributed by atoms with Gasteiger partial charge < -0.3 is 15.2 Å². The van der Waals surface area contributed by atoms with E-state index in [1.54, 1.807) is 35.3 Å². The number of hydrogen-bond acceptors (Lipinski definition) is 3. The molecule has 1 atom stereocenters. The SMILES string of the molecule is CC(NC(=O)Nc1cccn(Cc2ccccc2)c1=O)c1ccncc1. The van der Waals surface area contributed by atoms with Crippen molar-refractivity contribution in [2.75, 3.05) is 5.32 Å². The van der Waals surface area contributed by atoms with Gasteiger partial charge in [-0.15, -0.1) is 0 Å². The Labute approximate surface area is 151 Å². The molecule has 26 heavy (non-hydrogen) atoms. The number of anilines is 1. The number of carbonyl (C=O) groups excluding carboxylic acids is 1. The summed E-state index contributed by atoms with van der Waals surface area (Å²) in [6.07, 6.45) is 5.05. The number of nitrogens with zero attached hydrogens (tertiary/aromatic N) is 2. The van der Waals surface area contributed by atoms with Crippen LogP contribution in [0.3, 0.4) is 0 Å². The summed E-state index contributed by atoms with van der Waals surface area (Å²) in [7, 11) is 0. The van der Waals surface area contributed by atoms with Crippen LogP contribution >= 0.6 is 0 Å². The summed E-state index contributed by atoms with van der Waals surface area (Å²) >= 11 is 0. The molecule has 0 spiro atoms. The quantitative estimate of drug-likeness (QED) is 0.743. The van der Waals surface area contributed by atoms with Gasteiger partial charge in [0.15, 0.2) is 0 Å². The Bertz CT molecular complexity index is 923. The monoisotopic (exact) mass is 348 g/mol. The first kappa shape index (κ1) is 17.4. The lowest BCUT2D eigenvalue weighted by Gasteiger charge is -2.15. The van der Waals surface area contributed by atoms with Crippen molar-refractivity contribution in [1.29, 1.82) is 0 Å². The standard InChI is InChI=1S/C20H20N4O2/c1-15(17-9-11-21-12-10-17)22-20(26)23-18-8-5-13-24(19(18)25)14-16-6-3-2-4-7-16/h2-13,15H,14H2,1H3,(H2,22,23,26). The fraction of sp³-hybridized carbons (Fsp3) is 0.150. The first-order chi connectivity index (χ1) is 12.6. The summed E-state index contributed by atoms with van der Waals surface area (Å²) in [5.74, 6) is 0. The van der Waals surface area contributed by atoms with Crippen molar-refractivity contribution in [3.63, 3.8) is 0 Å². The number of hydrogen-bond donors (Lipinski definition) is 2. The highest BCUT2D eigenvalue weighted by Gasteiger charge is 2.11. The van der Waals surface area contributed by atoms with Crippen LogP contribution in [0.1, 0.15) is 24.1 Å². The van der Waals surface area contributed by atoms with E-state index in [1.165, 1.54) is 0 Å². The highest BCUT2D eigenvalue weighted by Crippen LogP contribution is 2.10. The summed E-state index contributed by atoms with van der Waals surface area (Å²) in [6.45, 7) is 2.32. The van der Waals surface area contributed by atoms with Gasteiger partial charge in [0.2, 0.25) is 0 Å². The van der Waals surface area contributed by atoms with Crippen molar-refractivity contribution in [2.24, 2.45) is 0 Å². The number of pyridine rings is 2. The molecule has 2 N–H and O–H groups in total. The zero-order chi connectivity index (χ0) is 18.4. The molecule has 2 aromatic heterocycles. The van der Waals surface area contributed by atoms with E-state index in [4.69, 9.17) is 0 Å². The molecule has 0 bridgehead atoms. The molecule has 2 amide bonds. The lowest BCUT2D eigenvalue weighted by atomic mass is 10.1. The van der Waals surface area contributed by atoms with Gasteiger partial charge in [0.05, 0.1) is 12.6 Å². The minimum Gasteiger partial charge on any atom is -0.331 e. The largest absolute Gasteiger partial charge is 0.331 e. The van der Waals surface area contributed by atoms with E-state index in [0.717, 1.165) is 11.1 Å². The molecule has 132 valence electrons. The van der Waals surface area contributed by atoms with Gasteiger partial charge in [-0.2, -0.15) is 0 Å². The van der Waals surface area contributed by atoms with Crippen LogP contribution in [-0.4, -0.2) is 15.6 Å². The molecule has 0 aliphatic heterocycles. The number of urea groups is 1. The molecule has 2 heterocycles. The zero-order valence-electron chi connectivity index (χ0n) is 14.4. The van der Waals surface area contributed by atoms with Crippen LogP contribution in [-0.2, 0) is 6.54 Å². The third kappa shape index (κ3) is 4.36. The Kier molecular flexibility index (Phi) is 5.43. The van der Waals surface area contributed by atoms with E-state index in [2.05, 4.69) is 15.6 Å². The van der Waals surface area contributed by atoms with Gasteiger partial charge in [-0.1, -0.05) is 30.3 Å². The average molecular weight is 348 g/mol. The lowest BCUT2D eigenvalue weighted by Crippen LogP contribution is -2.34. The van der Waals surface area contributed by atoms with E-state index < -0.39 is 6.03 Å². The molecule has 1 aromatic carbocycles. The van der Waals surface area contributed by atoms with Crippen LogP contribution in [0.5, 0.6) is 0 Å². The first-order valence-corrected chi connectivity index (χ1v) is 8.34. The molecule has 0 radical (unpaired) electrons. The molecule has 6 nitrogen and oxygen atoms in total. The molecule has 0 saturated carbocycles. The van der Waals surface area contributed by atoms with Crippen molar-refractivity contribution in [3.05, 3.63) is 94.7 Å². The number of carbonyl (C=O) groups is 1. The summed E-state index contributed by atoms with van der Waals surface area (Å²) < 4.78 is 1.57. The highest BCUT2D eigenvalue weighted by atomic mass is 16.2. The summed E-state index contributed by atoms with van der Waals surface area (Å²) in [6, 6.07) is 16.1. The number of benzene rings is 1. The van der Waals surface area contributed by atoms with E-state index >= 15 is 0 Å². The Morgan fingerprint density at radius 3 is 2.54 bits per heavy atom. The van der Waals surface area contributed by atoms with Crippen LogP contribution < -0.4 is 16.2 Å². The number of aromatic nitrogens is 2. The molecule has 0 saturated heterocycles. The van der Waals surface area contributed by atoms with E-state index in [9.17, 15) is 9.59 Å². The van der Waals surface area contributed by atoms with E-state index in [-0.39, 0.29) is 17.3 Å². The van der Waals surface area contributed by atoms with E-state index in [1.807, 2.05) is 49.4 Å². The molecule has 0 aliphatic rings. The molecular weight excluding hydrogens is 328 g/mol. The van der Waals surface area contributed by atoms with Crippen molar-refractivity contribution < 1.29 is 4.79 Å². The van der Waals surface area contributed by atoms with Crippen molar-refractivity contribution in [3.8, 4) is 0 Å². The van der Waals surface area contributed by atoms with Gasteiger partial charge in [-0.05, 0) is 42.3 Å². The summed E-state index contributed by atoms with van der Waals surface area (Å²) in [4.78, 5) is 28.8. The smallest absolute Gasteiger partial charge is 0.319 e. The molecule has 1 unspecified atom stereocenters. The minimum atomic E-state index is -0.427. The second kappa shape index (κ2) is 8.11. The number of nitrogens with one attached hydrogen (secondary N) is 2. The highest BCUT2D eigenvalue weighted by molar-refractivity contribution is 5.89. The summed E-state index contributed by atoms with van der Waals surface area (Å²) in [5.41, 5.74) is 1.94. The van der Waals surface area contributed by atoms with Crippen molar-refractivity contribution in [1.82, 2.24) is 14.9 Å². The fourth-order valence-electron chi connectivity index (χ4n) is 2.63. The number of rotatable bonds is 5. The average Bonchev–Trinajstić information content (AvgIpc) is 2.66. The van der Waals surface area contributed by atoms with Gasteiger partial charge in [-0.25, -0.2) is 4.79 Å². The van der Waals surface area contributed by atoms with Gasteiger partial charge in [0.1, 0.15) is 5.69 Å². The zero-order valence-corrected chi connectivity index (χ0v) is 14.4. The van der Waals surface area contributed by atoms with Gasteiger partial charge in [-0.3, -0.25) is 9.78 Å². The molecule has 3 aromatic rings. The molecule has 3 rings (SSSR count). The second-order valence-electron chi connectivity index (χ2n) is 5.94. The van der Waals surface area contributed by atoms with Gasteiger partial charge in [0.25, 0.3) is 5.56 Å². The van der Waals surface area contributed by atoms with Crippen LogP contribution in [0.4, 0.5) is 10.5 Å². The topological polar surface area (TPSA) is 76.0 Å². The maximum absolute atomic E-state index is 12.6. The molecule has 0 aliphatic carbocycles. The number of amides is 2. The fourth-order valence-corrected chi connectivity index (χ4v) is 2.63. The third-order valence-electron chi connectivity index (χ3n) is 4.02. The minimum absolute atomic E-state index is 0.201. The van der Waals surface area contributed by atoms with Crippen molar-refractivity contribution >= 4 is 11.7 Å². The van der Waals surface area contributed by atoms with Gasteiger partial charge >= 0.3 is 6.03 Å². The molecule has 6 heteroatoms. The van der Waals surface area contributed by atoms with Crippen LogP contribution in [0.25, 0.3) is 0 Å². The Hall–Kier alpha value is -3.41. The molecule has 0 fully saturated rings. The third-order valence-corrected chi connectivity index (χ3v) is 4.02. The summed E-state index contributed by atoms with van der Waals surface area (Å²) in [5, 5.41) is 5.45.